The number of nitrogens with zero attached hydrogens (tertiary/aromatic N) is 3. The fourth-order valence-electron chi connectivity index (χ4n) is 4.73. The number of benzene rings is 2. The molecule has 1 aliphatic heterocycles. The average Bonchev–Trinajstić information content (AvgIpc) is 3.48. The lowest BCUT2D eigenvalue weighted by Gasteiger charge is -2.12. The summed E-state index contributed by atoms with van der Waals surface area (Å²) >= 11 is 0. The largest absolute Gasteiger partial charge is 0.504 e. The number of unbranched alkanes of at least 4 members (excludes halogenated alkanes) is 2. The Balaban J connectivity index is 1.44. The number of fused-ring (bicyclic) bond motifs is 2. The zero-order valence-electron chi connectivity index (χ0n) is 19.1. The summed E-state index contributed by atoms with van der Waals surface area (Å²) in [6.07, 6.45) is 5.00. The molecule has 32 heavy (non-hydrogen) atoms. The van der Waals surface area contributed by atoms with Crippen molar-refractivity contribution in [2.75, 3.05) is 0 Å². The first-order chi connectivity index (χ1) is 15.5. The lowest BCUT2D eigenvalue weighted by Crippen LogP contribution is -1.99. The molecule has 2 aromatic carbocycles. The van der Waals surface area contributed by atoms with Crippen LogP contribution in [0.1, 0.15) is 62.1 Å². The van der Waals surface area contributed by atoms with Crippen LogP contribution in [-0.2, 0) is 20.1 Å². The fraction of sp³-hybridized carbons (Fsp3) is 0.385. The van der Waals surface area contributed by atoms with Gasteiger partial charge in [-0.05, 0) is 41.2 Å². The molecular weight excluding hydrogens is 398 g/mol. The summed E-state index contributed by atoms with van der Waals surface area (Å²) in [7, 11) is 1.85. The number of imidazole rings is 1. The second-order valence-electron chi connectivity index (χ2n) is 9.02. The molecule has 6 nitrogen and oxygen atoms in total. The maximum absolute atomic E-state index is 11.1. The number of aromatic hydroxyl groups is 1. The van der Waals surface area contributed by atoms with Crippen LogP contribution in [0.4, 0.5) is 0 Å². The van der Waals surface area contributed by atoms with E-state index in [1.165, 1.54) is 42.4 Å². The zero-order chi connectivity index (χ0) is 22.2. The predicted molar refractivity (Wildman–Crippen MR) is 128 cm³/mol. The maximum Gasteiger partial charge on any atom is 0.173 e. The van der Waals surface area contributed by atoms with Crippen molar-refractivity contribution in [3.63, 3.8) is 0 Å². The molecule has 0 bridgehead atoms. The van der Waals surface area contributed by atoms with Crippen LogP contribution in [-0.4, -0.2) is 24.9 Å². The van der Waals surface area contributed by atoms with Crippen LogP contribution < -0.4 is 5.32 Å². The van der Waals surface area contributed by atoms with Crippen molar-refractivity contribution in [2.45, 2.75) is 58.5 Å². The van der Waals surface area contributed by atoms with Gasteiger partial charge in [0, 0.05) is 25.7 Å². The quantitative estimate of drug-likeness (QED) is 0.333. The molecule has 0 saturated heterocycles. The van der Waals surface area contributed by atoms with Gasteiger partial charge in [-0.2, -0.15) is 5.10 Å². The average molecular weight is 430 g/mol. The normalized spacial score (nSPS) is 14.2. The van der Waals surface area contributed by atoms with Crippen molar-refractivity contribution in [3.05, 3.63) is 53.1 Å². The molecule has 2 aromatic heterocycles. The van der Waals surface area contributed by atoms with Gasteiger partial charge in [0.2, 0.25) is 0 Å². The summed E-state index contributed by atoms with van der Waals surface area (Å²) in [5.74, 6) is 1.33. The van der Waals surface area contributed by atoms with Crippen molar-refractivity contribution in [1.29, 1.82) is 0 Å². The van der Waals surface area contributed by atoms with Gasteiger partial charge < -0.3 is 15.4 Å². The summed E-state index contributed by atoms with van der Waals surface area (Å²) in [4.78, 5) is 8.13. The molecule has 5 rings (SSSR count). The van der Waals surface area contributed by atoms with E-state index in [2.05, 4.69) is 65.6 Å². The zero-order valence-corrected chi connectivity index (χ0v) is 19.1. The van der Waals surface area contributed by atoms with Crippen molar-refractivity contribution in [3.8, 4) is 28.5 Å². The molecule has 3 heterocycles. The van der Waals surface area contributed by atoms with E-state index in [0.717, 1.165) is 29.7 Å². The number of hydrogen-bond donors (Lipinski definition) is 3. The molecule has 3 N–H and O–H groups in total. The van der Waals surface area contributed by atoms with E-state index >= 15 is 0 Å². The van der Waals surface area contributed by atoms with Gasteiger partial charge in [0.15, 0.2) is 11.6 Å². The van der Waals surface area contributed by atoms with E-state index < -0.39 is 0 Å². The summed E-state index contributed by atoms with van der Waals surface area (Å²) in [6, 6.07) is 12.7. The van der Waals surface area contributed by atoms with E-state index in [4.69, 9.17) is 4.98 Å². The van der Waals surface area contributed by atoms with Gasteiger partial charge in [0.1, 0.15) is 11.4 Å². The monoisotopic (exact) mass is 429 g/mol. The third kappa shape index (κ3) is 3.69. The first-order valence-corrected chi connectivity index (χ1v) is 11.6. The van der Waals surface area contributed by atoms with Crippen LogP contribution in [0.2, 0.25) is 0 Å². The highest BCUT2D eigenvalue weighted by atomic mass is 16.3. The van der Waals surface area contributed by atoms with Crippen LogP contribution in [0.15, 0.2) is 36.4 Å². The molecular formula is C26H31N5O. The lowest BCUT2D eigenvalue weighted by molar-refractivity contribution is 0.478. The highest BCUT2D eigenvalue weighted by Gasteiger charge is 2.22. The van der Waals surface area contributed by atoms with Gasteiger partial charge in [-0.15, -0.1) is 0 Å². The van der Waals surface area contributed by atoms with Crippen molar-refractivity contribution in [1.82, 2.24) is 25.1 Å². The fourth-order valence-corrected chi connectivity index (χ4v) is 4.73. The van der Waals surface area contributed by atoms with Crippen molar-refractivity contribution >= 4 is 11.0 Å². The van der Waals surface area contributed by atoms with Gasteiger partial charge in [-0.1, -0.05) is 57.4 Å². The minimum atomic E-state index is 0.157. The van der Waals surface area contributed by atoms with Crippen LogP contribution in [0.3, 0.4) is 0 Å². The van der Waals surface area contributed by atoms with Crippen molar-refractivity contribution in [2.24, 2.45) is 7.05 Å². The summed E-state index contributed by atoms with van der Waals surface area (Å²) in [5.41, 5.74) is 7.90. The Morgan fingerprint density at radius 1 is 1.09 bits per heavy atom. The number of H-pyrrole nitrogens is 1. The predicted octanol–water partition coefficient (Wildman–Crippen LogP) is 5.62. The number of aromatic nitrogens is 4. The maximum atomic E-state index is 11.1. The molecule has 4 aromatic rings. The number of aromatic amines is 1. The Morgan fingerprint density at radius 2 is 1.84 bits per heavy atom. The van der Waals surface area contributed by atoms with Gasteiger partial charge in [-0.25, -0.2) is 4.98 Å². The molecule has 0 amide bonds. The minimum Gasteiger partial charge on any atom is -0.504 e. The molecule has 1 aliphatic rings. The minimum absolute atomic E-state index is 0.157. The lowest BCUT2D eigenvalue weighted by atomic mass is 9.94. The first kappa shape index (κ1) is 20.8. The molecule has 166 valence electrons. The molecule has 0 radical (unpaired) electrons. The standard InChI is InChI=1S/C26H31N5O/c1-4-5-6-7-16(2)17-8-10-18(11-9-17)23-25(32)24(31(3)30-23)26-28-21-12-19-14-27-15-20(19)13-22(21)29-26/h8-13,16,27,32H,4-7,14-15H2,1-3H3,(H,28,29). The van der Waals surface area contributed by atoms with E-state index in [9.17, 15) is 5.11 Å². The summed E-state index contributed by atoms with van der Waals surface area (Å²) in [5, 5.41) is 19.1. The summed E-state index contributed by atoms with van der Waals surface area (Å²) < 4.78 is 1.71. The Morgan fingerprint density at radius 3 is 2.59 bits per heavy atom. The summed E-state index contributed by atoms with van der Waals surface area (Å²) in [6.45, 7) is 6.28. The van der Waals surface area contributed by atoms with Crippen molar-refractivity contribution < 1.29 is 5.11 Å². The second kappa shape index (κ2) is 8.43. The molecule has 0 fully saturated rings. The molecule has 6 heteroatoms. The Labute approximate surface area is 188 Å². The van der Waals surface area contributed by atoms with E-state index in [1.807, 2.05) is 7.05 Å². The molecule has 0 saturated carbocycles. The van der Waals surface area contributed by atoms with Crippen LogP contribution in [0.5, 0.6) is 5.75 Å². The number of hydrogen-bond acceptors (Lipinski definition) is 4. The molecule has 0 spiro atoms. The van der Waals surface area contributed by atoms with Gasteiger partial charge in [-0.3, -0.25) is 4.68 Å². The smallest absolute Gasteiger partial charge is 0.173 e. The Kier molecular flexibility index (Phi) is 5.47. The van der Waals surface area contributed by atoms with Gasteiger partial charge >= 0.3 is 0 Å². The second-order valence-corrected chi connectivity index (χ2v) is 9.02. The van der Waals surface area contributed by atoms with Crippen LogP contribution in [0.25, 0.3) is 33.8 Å². The topological polar surface area (TPSA) is 78.8 Å². The third-order valence-corrected chi connectivity index (χ3v) is 6.67. The van der Waals surface area contributed by atoms with Gasteiger partial charge in [0.25, 0.3) is 0 Å². The number of aryl methyl sites for hydroxylation is 1. The Hall–Kier alpha value is -3.12. The number of nitrogens with one attached hydrogen (secondary N) is 2. The Bertz CT molecular complexity index is 1210. The van der Waals surface area contributed by atoms with Crippen LogP contribution >= 0.6 is 0 Å². The molecule has 1 atom stereocenters. The highest BCUT2D eigenvalue weighted by Crippen LogP contribution is 2.38. The van der Waals surface area contributed by atoms with Gasteiger partial charge in [0.05, 0.1) is 11.0 Å². The SMILES string of the molecule is CCCCCC(C)c1ccc(-c2nn(C)c(-c3nc4cc5c(cc4[nH]3)CNC5)c2O)cc1. The molecule has 0 aliphatic carbocycles. The highest BCUT2D eigenvalue weighted by molar-refractivity contribution is 5.83. The van der Waals surface area contributed by atoms with E-state index in [-0.39, 0.29) is 5.75 Å². The number of rotatable bonds is 7. The van der Waals surface area contributed by atoms with E-state index in [1.54, 1.807) is 4.68 Å². The third-order valence-electron chi connectivity index (χ3n) is 6.67. The van der Waals surface area contributed by atoms with E-state index in [0.29, 0.717) is 23.1 Å². The van der Waals surface area contributed by atoms with Crippen LogP contribution in [0, 0.1) is 0 Å². The molecule has 1 unspecified atom stereocenters. The first-order valence-electron chi connectivity index (χ1n) is 11.6.